The van der Waals surface area contributed by atoms with Gasteiger partial charge in [0, 0.05) is 35.0 Å². The Bertz CT molecular complexity index is 1020. The highest BCUT2D eigenvalue weighted by Gasteiger charge is 2.29. The number of benzene rings is 1. The fourth-order valence-corrected chi connectivity index (χ4v) is 4.71. The van der Waals surface area contributed by atoms with Crippen molar-refractivity contribution in [2.24, 2.45) is 0 Å². The average molecular weight is 365 g/mol. The Balaban J connectivity index is 1.74. The van der Waals surface area contributed by atoms with Crippen LogP contribution in [-0.2, 0) is 0 Å². The lowest BCUT2D eigenvalue weighted by Gasteiger charge is -2.37. The van der Waals surface area contributed by atoms with Crippen LogP contribution in [0, 0.1) is 0 Å². The molecular weight excluding hydrogens is 350 g/mol. The highest BCUT2D eigenvalue weighted by molar-refractivity contribution is 7.17. The molecule has 4 nitrogen and oxygen atoms in total. The molecule has 0 radical (unpaired) electrons. The number of aliphatic hydroxyl groups excluding tert-OH is 1. The number of fused-ring (bicyclic) bond motifs is 1. The molecular formula is C19H15N3OS2. The Labute approximate surface area is 153 Å². The van der Waals surface area contributed by atoms with Crippen molar-refractivity contribution >= 4 is 38.7 Å². The van der Waals surface area contributed by atoms with Crippen molar-refractivity contribution in [3.05, 3.63) is 52.5 Å². The summed E-state index contributed by atoms with van der Waals surface area (Å²) in [5, 5.41) is 17.1. The van der Waals surface area contributed by atoms with E-state index in [1.807, 2.05) is 29.6 Å². The van der Waals surface area contributed by atoms with Gasteiger partial charge in [-0.25, -0.2) is 9.97 Å². The second kappa shape index (κ2) is 5.91. The van der Waals surface area contributed by atoms with Gasteiger partial charge in [0.1, 0.15) is 10.6 Å². The zero-order valence-electron chi connectivity index (χ0n) is 13.3. The molecule has 0 amide bonds. The van der Waals surface area contributed by atoms with Crippen LogP contribution in [0.15, 0.2) is 52.5 Å². The maximum absolute atomic E-state index is 9.76. The van der Waals surface area contributed by atoms with E-state index in [0.29, 0.717) is 13.1 Å². The molecule has 0 unspecified atom stereocenters. The topological polar surface area (TPSA) is 49.2 Å². The molecule has 0 bridgehead atoms. The predicted molar refractivity (Wildman–Crippen MR) is 104 cm³/mol. The third-order valence-electron chi connectivity index (χ3n) is 4.44. The molecule has 0 aliphatic carbocycles. The summed E-state index contributed by atoms with van der Waals surface area (Å²) in [5.41, 5.74) is 3.38. The summed E-state index contributed by atoms with van der Waals surface area (Å²) in [5.74, 6) is 1.68. The normalized spacial score (nSPS) is 14.8. The summed E-state index contributed by atoms with van der Waals surface area (Å²) in [4.78, 5) is 12.8. The maximum Gasteiger partial charge on any atom is 0.163 e. The minimum absolute atomic E-state index is 0.270. The molecule has 124 valence electrons. The molecule has 3 aromatic heterocycles. The first-order chi connectivity index (χ1) is 12.3. The Morgan fingerprint density at radius 3 is 2.56 bits per heavy atom. The van der Waals surface area contributed by atoms with Gasteiger partial charge in [-0.05, 0) is 17.0 Å². The number of anilines is 1. The molecule has 25 heavy (non-hydrogen) atoms. The second-order valence-electron chi connectivity index (χ2n) is 6.14. The largest absolute Gasteiger partial charge is 0.389 e. The fourth-order valence-electron chi connectivity index (χ4n) is 3.13. The van der Waals surface area contributed by atoms with Crippen molar-refractivity contribution in [3.8, 4) is 22.5 Å². The van der Waals surface area contributed by atoms with E-state index in [4.69, 9.17) is 9.97 Å². The van der Waals surface area contributed by atoms with Crippen molar-refractivity contribution in [1.82, 2.24) is 9.97 Å². The molecule has 1 N–H and O–H groups in total. The van der Waals surface area contributed by atoms with Gasteiger partial charge in [0.2, 0.25) is 0 Å². The molecule has 1 aliphatic rings. The lowest BCUT2D eigenvalue weighted by Crippen LogP contribution is -2.51. The standard InChI is InChI=1S/C19H15N3OS2/c23-14-8-22(9-14)18-16-15(12-4-2-1-3-5-12)11-25-19(16)21-17(20-18)13-6-7-24-10-13/h1-7,10-11,14,23H,8-9H2. The fraction of sp³-hybridized carbons (Fsp3) is 0.158. The van der Waals surface area contributed by atoms with Crippen molar-refractivity contribution in [2.45, 2.75) is 6.10 Å². The third kappa shape index (κ3) is 2.54. The first-order valence-corrected chi connectivity index (χ1v) is 9.92. The zero-order chi connectivity index (χ0) is 16.8. The van der Waals surface area contributed by atoms with Gasteiger partial charge in [-0.15, -0.1) is 11.3 Å². The molecule has 1 aliphatic heterocycles. The van der Waals surface area contributed by atoms with Crippen LogP contribution in [0.4, 0.5) is 5.82 Å². The highest BCUT2D eigenvalue weighted by Crippen LogP contribution is 2.40. The van der Waals surface area contributed by atoms with E-state index in [0.717, 1.165) is 33.0 Å². The minimum Gasteiger partial charge on any atom is -0.389 e. The van der Waals surface area contributed by atoms with Gasteiger partial charge in [-0.2, -0.15) is 11.3 Å². The lowest BCUT2D eigenvalue weighted by molar-refractivity contribution is 0.141. The van der Waals surface area contributed by atoms with E-state index in [1.54, 1.807) is 22.7 Å². The molecule has 0 saturated carbocycles. The molecule has 1 fully saturated rings. The molecule has 0 spiro atoms. The first-order valence-electron chi connectivity index (χ1n) is 8.10. The lowest BCUT2D eigenvalue weighted by atomic mass is 10.0. The SMILES string of the molecule is OC1CN(c2nc(-c3ccsc3)nc3scc(-c4ccccc4)c23)C1. The first kappa shape index (κ1) is 15.0. The molecule has 1 aromatic carbocycles. The monoisotopic (exact) mass is 365 g/mol. The maximum atomic E-state index is 9.76. The van der Waals surface area contributed by atoms with E-state index >= 15 is 0 Å². The second-order valence-corrected chi connectivity index (χ2v) is 7.78. The predicted octanol–water partition coefficient (Wildman–Crippen LogP) is 4.27. The number of β-amino-alcohol motifs (C(OH)–C–C–N with tert-alkyl or cyclic N) is 1. The van der Waals surface area contributed by atoms with Gasteiger partial charge in [-0.1, -0.05) is 30.3 Å². The summed E-state index contributed by atoms with van der Waals surface area (Å²) in [6, 6.07) is 12.4. The molecule has 0 atom stereocenters. The average Bonchev–Trinajstić information content (AvgIpc) is 3.28. The summed E-state index contributed by atoms with van der Waals surface area (Å²) in [7, 11) is 0. The molecule has 5 rings (SSSR count). The van der Waals surface area contributed by atoms with Gasteiger partial charge in [0.25, 0.3) is 0 Å². The molecule has 4 aromatic rings. The van der Waals surface area contributed by atoms with E-state index in [2.05, 4.69) is 27.8 Å². The molecule has 1 saturated heterocycles. The summed E-state index contributed by atoms with van der Waals surface area (Å²) >= 11 is 3.30. The van der Waals surface area contributed by atoms with Gasteiger partial charge < -0.3 is 10.0 Å². The van der Waals surface area contributed by atoms with E-state index in [-0.39, 0.29) is 6.10 Å². The number of aliphatic hydroxyl groups is 1. The van der Waals surface area contributed by atoms with Crippen LogP contribution >= 0.6 is 22.7 Å². The Morgan fingerprint density at radius 1 is 1.00 bits per heavy atom. The number of nitrogens with zero attached hydrogens (tertiary/aromatic N) is 3. The quantitative estimate of drug-likeness (QED) is 0.589. The number of hydrogen-bond donors (Lipinski definition) is 1. The van der Waals surface area contributed by atoms with Crippen LogP contribution in [0.2, 0.25) is 0 Å². The molecule has 4 heterocycles. The Kier molecular flexibility index (Phi) is 3.55. The Morgan fingerprint density at radius 2 is 1.84 bits per heavy atom. The van der Waals surface area contributed by atoms with E-state index < -0.39 is 0 Å². The van der Waals surface area contributed by atoms with Gasteiger partial charge in [-0.3, -0.25) is 0 Å². The van der Waals surface area contributed by atoms with Crippen molar-refractivity contribution in [2.75, 3.05) is 18.0 Å². The molecule has 6 heteroatoms. The Hall–Kier alpha value is -2.28. The van der Waals surface area contributed by atoms with E-state index in [1.165, 1.54) is 5.56 Å². The van der Waals surface area contributed by atoms with Gasteiger partial charge >= 0.3 is 0 Å². The van der Waals surface area contributed by atoms with E-state index in [9.17, 15) is 5.11 Å². The van der Waals surface area contributed by atoms with Crippen LogP contribution in [0.25, 0.3) is 32.7 Å². The van der Waals surface area contributed by atoms with Crippen LogP contribution in [0.3, 0.4) is 0 Å². The van der Waals surface area contributed by atoms with Crippen molar-refractivity contribution < 1.29 is 5.11 Å². The van der Waals surface area contributed by atoms with Gasteiger partial charge in [0.15, 0.2) is 5.82 Å². The van der Waals surface area contributed by atoms with Gasteiger partial charge in [0.05, 0.1) is 11.5 Å². The van der Waals surface area contributed by atoms with Crippen LogP contribution in [0.5, 0.6) is 0 Å². The van der Waals surface area contributed by atoms with Crippen molar-refractivity contribution in [3.63, 3.8) is 0 Å². The van der Waals surface area contributed by atoms with Crippen LogP contribution < -0.4 is 4.90 Å². The number of rotatable bonds is 3. The number of hydrogen-bond acceptors (Lipinski definition) is 6. The third-order valence-corrected chi connectivity index (χ3v) is 6.00. The smallest absolute Gasteiger partial charge is 0.163 e. The summed E-state index contributed by atoms with van der Waals surface area (Å²) in [6.45, 7) is 1.25. The van der Waals surface area contributed by atoms with Crippen LogP contribution in [0.1, 0.15) is 0 Å². The van der Waals surface area contributed by atoms with Crippen molar-refractivity contribution in [1.29, 1.82) is 0 Å². The van der Waals surface area contributed by atoms with Crippen LogP contribution in [-0.4, -0.2) is 34.3 Å². The highest BCUT2D eigenvalue weighted by atomic mass is 32.1. The summed E-state index contributed by atoms with van der Waals surface area (Å²) in [6.07, 6.45) is -0.270. The summed E-state index contributed by atoms with van der Waals surface area (Å²) < 4.78 is 0. The number of aromatic nitrogens is 2. The zero-order valence-corrected chi connectivity index (χ0v) is 14.9. The minimum atomic E-state index is -0.270. The number of thiophene rings is 2.